The van der Waals surface area contributed by atoms with Gasteiger partial charge in [0.15, 0.2) is 0 Å². The first kappa shape index (κ1) is 26.6. The molecule has 0 aliphatic carbocycles. The van der Waals surface area contributed by atoms with Gasteiger partial charge in [-0.2, -0.15) is 12.6 Å². The van der Waals surface area contributed by atoms with Gasteiger partial charge in [0.05, 0.1) is 12.4 Å². The molecule has 1 aliphatic heterocycles. The summed E-state index contributed by atoms with van der Waals surface area (Å²) >= 11 is 4.17. The third kappa shape index (κ3) is 7.72. The molecule has 33 heavy (non-hydrogen) atoms. The topological polar surface area (TPSA) is 197 Å². The Bertz CT molecular complexity index is 807. The van der Waals surface area contributed by atoms with Gasteiger partial charge in [0, 0.05) is 30.6 Å². The van der Waals surface area contributed by atoms with E-state index in [1.807, 2.05) is 0 Å². The first-order chi connectivity index (χ1) is 15.8. The summed E-state index contributed by atoms with van der Waals surface area (Å²) < 4.78 is 0. The molecule has 12 nitrogen and oxygen atoms in total. The molecule has 4 unspecified atom stereocenters. The molecule has 13 heteroatoms. The number of carboxylic acids is 1. The molecule has 2 rings (SSSR count). The van der Waals surface area contributed by atoms with Gasteiger partial charge >= 0.3 is 5.97 Å². The van der Waals surface area contributed by atoms with Gasteiger partial charge in [-0.05, 0) is 32.2 Å². The highest BCUT2D eigenvalue weighted by molar-refractivity contribution is 7.80. The third-order valence-electron chi connectivity index (χ3n) is 5.54. The Kier molecular flexibility index (Phi) is 10.6. The second-order valence-electron chi connectivity index (χ2n) is 8.00. The molecule has 0 aromatic carbocycles. The lowest BCUT2D eigenvalue weighted by Gasteiger charge is -2.28. The molecule has 1 fully saturated rings. The molecule has 8 N–H and O–H groups in total. The molecule has 184 valence electrons. The number of likely N-dealkylation sites (tertiary alicyclic amines) is 1. The largest absolute Gasteiger partial charge is 0.480 e. The highest BCUT2D eigenvalue weighted by Crippen LogP contribution is 2.19. The van der Waals surface area contributed by atoms with Crippen molar-refractivity contribution in [2.75, 3.05) is 18.8 Å². The normalized spacial score (nSPS) is 18.4. The number of nitrogens with one attached hydrogen (secondary N) is 3. The fraction of sp³-hybridized carbons (Fsp3) is 0.650. The van der Waals surface area contributed by atoms with E-state index in [0.29, 0.717) is 44.5 Å². The van der Waals surface area contributed by atoms with Crippen molar-refractivity contribution >= 4 is 36.3 Å². The second-order valence-corrected chi connectivity index (χ2v) is 8.37. The number of carbonyl (C=O) groups excluding carboxylic acids is 3. The average Bonchev–Trinajstić information content (AvgIpc) is 3.48. The van der Waals surface area contributed by atoms with E-state index in [2.05, 4.69) is 33.2 Å². The van der Waals surface area contributed by atoms with Crippen LogP contribution >= 0.6 is 12.6 Å². The molecule has 4 atom stereocenters. The van der Waals surface area contributed by atoms with E-state index in [1.54, 1.807) is 0 Å². The lowest BCUT2D eigenvalue weighted by molar-refractivity contribution is -0.149. The number of aliphatic carboxylic acids is 1. The first-order valence-electron chi connectivity index (χ1n) is 11.0. The number of carboxylic acid groups (broad SMARTS) is 1. The van der Waals surface area contributed by atoms with Crippen LogP contribution in [0.5, 0.6) is 0 Å². The van der Waals surface area contributed by atoms with Crippen molar-refractivity contribution in [1.82, 2.24) is 25.5 Å². The zero-order chi connectivity index (χ0) is 24.4. The molecule has 1 aliphatic rings. The van der Waals surface area contributed by atoms with E-state index in [0.717, 1.165) is 6.42 Å². The summed E-state index contributed by atoms with van der Waals surface area (Å²) in [5.41, 5.74) is 12.0. The van der Waals surface area contributed by atoms with Crippen LogP contribution in [0.3, 0.4) is 0 Å². The lowest BCUT2D eigenvalue weighted by atomic mass is 10.1. The van der Waals surface area contributed by atoms with Crippen LogP contribution in [0, 0.1) is 0 Å². The molecule has 1 aromatic heterocycles. The number of rotatable bonds is 13. The number of aromatic nitrogens is 2. The summed E-state index contributed by atoms with van der Waals surface area (Å²) in [6.07, 6.45) is 5.83. The number of imidazole rings is 1. The number of carbonyl (C=O) groups is 4. The zero-order valence-corrected chi connectivity index (χ0v) is 19.3. The number of hydrogen-bond donors (Lipinski definition) is 7. The van der Waals surface area contributed by atoms with Crippen molar-refractivity contribution in [2.45, 2.75) is 62.7 Å². The van der Waals surface area contributed by atoms with Crippen molar-refractivity contribution in [2.24, 2.45) is 11.5 Å². The Morgan fingerprint density at radius 2 is 1.97 bits per heavy atom. The van der Waals surface area contributed by atoms with Crippen LogP contribution in [-0.4, -0.2) is 86.7 Å². The van der Waals surface area contributed by atoms with E-state index in [4.69, 9.17) is 11.5 Å². The van der Waals surface area contributed by atoms with Crippen LogP contribution in [0.25, 0.3) is 0 Å². The average molecular weight is 484 g/mol. The van der Waals surface area contributed by atoms with Crippen LogP contribution in [0.2, 0.25) is 0 Å². The fourth-order valence-electron chi connectivity index (χ4n) is 3.69. The van der Waals surface area contributed by atoms with Crippen molar-refractivity contribution < 1.29 is 24.3 Å². The predicted molar refractivity (Wildman–Crippen MR) is 123 cm³/mol. The van der Waals surface area contributed by atoms with Crippen LogP contribution in [0.1, 0.15) is 37.8 Å². The van der Waals surface area contributed by atoms with Gasteiger partial charge in [0.1, 0.15) is 18.1 Å². The Hall–Kier alpha value is -2.64. The maximum atomic E-state index is 13.1. The van der Waals surface area contributed by atoms with Gasteiger partial charge in [-0.25, -0.2) is 9.78 Å². The smallest absolute Gasteiger partial charge is 0.326 e. The van der Waals surface area contributed by atoms with E-state index in [-0.39, 0.29) is 12.2 Å². The minimum atomic E-state index is -1.09. The Labute approximate surface area is 197 Å². The molecule has 3 amide bonds. The molecule has 1 saturated heterocycles. The minimum absolute atomic E-state index is 0.0310. The number of H-pyrrole nitrogens is 1. The number of hydrogen-bond acceptors (Lipinski definition) is 8. The van der Waals surface area contributed by atoms with Crippen LogP contribution < -0.4 is 22.1 Å². The van der Waals surface area contributed by atoms with Crippen LogP contribution in [0.15, 0.2) is 12.5 Å². The van der Waals surface area contributed by atoms with E-state index < -0.39 is 47.9 Å². The summed E-state index contributed by atoms with van der Waals surface area (Å²) in [6.45, 7) is 0.792. The Morgan fingerprint density at radius 1 is 1.24 bits per heavy atom. The molecule has 2 heterocycles. The van der Waals surface area contributed by atoms with Crippen molar-refractivity contribution in [3.63, 3.8) is 0 Å². The van der Waals surface area contributed by atoms with Gasteiger partial charge in [0.2, 0.25) is 17.7 Å². The van der Waals surface area contributed by atoms with Gasteiger partial charge < -0.3 is 37.1 Å². The predicted octanol–water partition coefficient (Wildman–Crippen LogP) is -1.62. The van der Waals surface area contributed by atoms with Gasteiger partial charge in [-0.3, -0.25) is 14.4 Å². The maximum Gasteiger partial charge on any atom is 0.326 e. The number of unbranched alkanes of at least 4 members (excludes halogenated alkanes) is 1. The number of aromatic amines is 1. The number of nitrogens with zero attached hydrogens (tertiary/aromatic N) is 2. The second kappa shape index (κ2) is 13.2. The highest BCUT2D eigenvalue weighted by atomic mass is 32.1. The van der Waals surface area contributed by atoms with Crippen molar-refractivity contribution in [3.05, 3.63) is 18.2 Å². The Morgan fingerprint density at radius 3 is 2.58 bits per heavy atom. The van der Waals surface area contributed by atoms with Gasteiger partial charge in [-0.1, -0.05) is 6.42 Å². The van der Waals surface area contributed by atoms with Gasteiger partial charge in [0.25, 0.3) is 0 Å². The molecule has 0 spiro atoms. The quantitative estimate of drug-likeness (QED) is 0.128. The van der Waals surface area contributed by atoms with Crippen LogP contribution in [-0.2, 0) is 25.6 Å². The standard InChI is InChI=1S/C20H33N7O5S/c21-6-2-1-4-13(22)17(28)25-14(8-12-9-23-11-24-12)18(29)26-15(10-33)19(30)27-7-3-5-16(27)20(31)32/h9,11,13-16,33H,1-8,10,21-22H2,(H,23,24)(H,25,28)(H,26,29)(H,31,32). The fourth-order valence-corrected chi connectivity index (χ4v) is 3.94. The van der Waals surface area contributed by atoms with E-state index in [9.17, 15) is 24.3 Å². The van der Waals surface area contributed by atoms with Crippen LogP contribution in [0.4, 0.5) is 0 Å². The summed E-state index contributed by atoms with van der Waals surface area (Å²) in [4.78, 5) is 58.0. The number of amides is 3. The lowest BCUT2D eigenvalue weighted by Crippen LogP contribution is -2.58. The zero-order valence-electron chi connectivity index (χ0n) is 18.4. The molecule has 1 aromatic rings. The highest BCUT2D eigenvalue weighted by Gasteiger charge is 2.38. The molecule has 0 bridgehead atoms. The number of thiol groups is 1. The summed E-state index contributed by atoms with van der Waals surface area (Å²) in [7, 11) is 0. The van der Waals surface area contributed by atoms with Crippen molar-refractivity contribution in [3.8, 4) is 0 Å². The van der Waals surface area contributed by atoms with Crippen molar-refractivity contribution in [1.29, 1.82) is 0 Å². The summed E-state index contributed by atoms with van der Waals surface area (Å²) in [5.74, 6) is -2.74. The summed E-state index contributed by atoms with van der Waals surface area (Å²) in [6, 6.07) is -3.80. The monoisotopic (exact) mass is 483 g/mol. The Balaban J connectivity index is 2.08. The summed E-state index contributed by atoms with van der Waals surface area (Å²) in [5, 5.41) is 14.6. The first-order valence-corrected chi connectivity index (χ1v) is 11.6. The molecule has 0 radical (unpaired) electrons. The molecule has 0 saturated carbocycles. The minimum Gasteiger partial charge on any atom is -0.480 e. The maximum absolute atomic E-state index is 13.1. The van der Waals surface area contributed by atoms with Gasteiger partial charge in [-0.15, -0.1) is 0 Å². The molecular formula is C20H33N7O5S. The third-order valence-corrected chi connectivity index (χ3v) is 5.90. The van der Waals surface area contributed by atoms with E-state index in [1.165, 1.54) is 17.4 Å². The molecular weight excluding hydrogens is 450 g/mol. The SMILES string of the molecule is NCCCCC(N)C(=O)NC(Cc1cnc[nH]1)C(=O)NC(CS)C(=O)N1CCCC1C(=O)O. The van der Waals surface area contributed by atoms with E-state index >= 15 is 0 Å². The number of nitrogens with two attached hydrogens (primary N) is 2.